The van der Waals surface area contributed by atoms with Crippen LogP contribution in [-0.2, 0) is 9.59 Å². The van der Waals surface area contributed by atoms with E-state index in [2.05, 4.69) is 15.5 Å². The summed E-state index contributed by atoms with van der Waals surface area (Å²) in [6.45, 7) is 6.44. The zero-order chi connectivity index (χ0) is 19.5. The van der Waals surface area contributed by atoms with Crippen LogP contribution in [0, 0.1) is 0 Å². The van der Waals surface area contributed by atoms with Gasteiger partial charge in [0.2, 0.25) is 5.91 Å². The maximum absolute atomic E-state index is 12.4. The molecule has 7 heteroatoms. The summed E-state index contributed by atoms with van der Waals surface area (Å²) < 4.78 is 0. The first-order valence-electron chi connectivity index (χ1n) is 10.5. The highest BCUT2D eigenvalue weighted by molar-refractivity contribution is 6.06. The van der Waals surface area contributed by atoms with E-state index >= 15 is 0 Å². The van der Waals surface area contributed by atoms with Gasteiger partial charge in [-0.1, -0.05) is 25.7 Å². The van der Waals surface area contributed by atoms with Crippen LogP contribution in [0.15, 0.2) is 0 Å². The molecule has 0 radical (unpaired) electrons. The Morgan fingerprint density at radius 2 is 1.67 bits per heavy atom. The molecule has 7 nitrogen and oxygen atoms in total. The predicted molar refractivity (Wildman–Crippen MR) is 103 cm³/mol. The molecular formula is C20H34N4O3. The lowest BCUT2D eigenvalue weighted by atomic mass is 9.79. The molecule has 0 atom stereocenters. The van der Waals surface area contributed by atoms with Crippen LogP contribution < -0.4 is 10.6 Å². The first kappa shape index (κ1) is 20.1. The van der Waals surface area contributed by atoms with Crippen LogP contribution >= 0.6 is 0 Å². The van der Waals surface area contributed by atoms with Gasteiger partial charge in [0.05, 0.1) is 0 Å². The molecule has 0 aromatic heterocycles. The molecule has 2 N–H and O–H groups in total. The van der Waals surface area contributed by atoms with E-state index in [4.69, 9.17) is 0 Å². The highest BCUT2D eigenvalue weighted by Crippen LogP contribution is 2.35. The van der Waals surface area contributed by atoms with E-state index in [0.29, 0.717) is 6.54 Å². The van der Waals surface area contributed by atoms with Gasteiger partial charge < -0.3 is 10.6 Å². The highest BCUT2D eigenvalue weighted by Gasteiger charge is 2.44. The van der Waals surface area contributed by atoms with Gasteiger partial charge in [0.25, 0.3) is 5.91 Å². The molecule has 0 spiro atoms. The highest BCUT2D eigenvalue weighted by atomic mass is 16.2. The molecule has 0 unspecified atom stereocenters. The number of hydrogen-bond acceptors (Lipinski definition) is 4. The van der Waals surface area contributed by atoms with Gasteiger partial charge in [0.1, 0.15) is 5.54 Å². The number of carbonyl (C=O) groups is 3. The average molecular weight is 379 g/mol. The fourth-order valence-electron chi connectivity index (χ4n) is 4.77. The van der Waals surface area contributed by atoms with Crippen LogP contribution in [0.2, 0.25) is 0 Å². The number of amides is 4. The molecular weight excluding hydrogens is 344 g/mol. The third-order valence-corrected chi connectivity index (χ3v) is 6.43. The number of piperidine rings is 1. The molecule has 2 heterocycles. The summed E-state index contributed by atoms with van der Waals surface area (Å²) in [5.41, 5.74) is -0.787. The van der Waals surface area contributed by atoms with Crippen LogP contribution in [0.3, 0.4) is 0 Å². The SMILES string of the molecule is CC1(C)NC(=O)N(CCC(=O)NCC2(N3CCCCC3)CCCCC2)C1=O. The number of hydrogen-bond donors (Lipinski definition) is 2. The van der Waals surface area contributed by atoms with Crippen molar-refractivity contribution in [2.24, 2.45) is 0 Å². The molecule has 3 fully saturated rings. The number of rotatable bonds is 6. The Bertz CT molecular complexity index is 578. The van der Waals surface area contributed by atoms with Crippen LogP contribution in [0.25, 0.3) is 0 Å². The fraction of sp³-hybridized carbons (Fsp3) is 0.850. The van der Waals surface area contributed by atoms with E-state index in [-0.39, 0.29) is 30.3 Å². The maximum atomic E-state index is 12.4. The van der Waals surface area contributed by atoms with Gasteiger partial charge in [-0.25, -0.2) is 4.79 Å². The van der Waals surface area contributed by atoms with Crippen molar-refractivity contribution in [2.45, 2.75) is 82.7 Å². The minimum Gasteiger partial charge on any atom is -0.354 e. The Morgan fingerprint density at radius 3 is 2.26 bits per heavy atom. The molecule has 2 saturated heterocycles. The van der Waals surface area contributed by atoms with Crippen molar-refractivity contribution in [3.8, 4) is 0 Å². The number of likely N-dealkylation sites (tertiary alicyclic amines) is 1. The number of carbonyl (C=O) groups excluding carboxylic acids is 3. The Hall–Kier alpha value is -1.63. The Balaban J connectivity index is 1.52. The first-order chi connectivity index (χ1) is 12.8. The topological polar surface area (TPSA) is 81.8 Å². The van der Waals surface area contributed by atoms with E-state index < -0.39 is 11.6 Å². The zero-order valence-corrected chi connectivity index (χ0v) is 16.8. The average Bonchev–Trinajstić information content (AvgIpc) is 2.87. The quantitative estimate of drug-likeness (QED) is 0.693. The predicted octanol–water partition coefficient (Wildman–Crippen LogP) is 2.01. The Kier molecular flexibility index (Phi) is 6.08. The summed E-state index contributed by atoms with van der Waals surface area (Å²) in [6, 6.07) is -0.408. The lowest BCUT2D eigenvalue weighted by molar-refractivity contribution is -0.130. The number of nitrogens with zero attached hydrogens (tertiary/aromatic N) is 2. The number of imide groups is 1. The lowest BCUT2D eigenvalue weighted by Crippen LogP contribution is -2.58. The summed E-state index contributed by atoms with van der Waals surface area (Å²) >= 11 is 0. The molecule has 0 aromatic rings. The lowest BCUT2D eigenvalue weighted by Gasteiger charge is -2.48. The minimum absolute atomic E-state index is 0.0812. The van der Waals surface area contributed by atoms with Gasteiger partial charge >= 0.3 is 6.03 Å². The molecule has 1 aliphatic carbocycles. The fourth-order valence-corrected chi connectivity index (χ4v) is 4.77. The third-order valence-electron chi connectivity index (χ3n) is 6.43. The molecule has 152 valence electrons. The summed E-state index contributed by atoms with van der Waals surface area (Å²) in [6.07, 6.45) is 9.99. The van der Waals surface area contributed by atoms with Crippen LogP contribution in [0.5, 0.6) is 0 Å². The van der Waals surface area contributed by atoms with Crippen molar-refractivity contribution in [1.29, 1.82) is 0 Å². The summed E-state index contributed by atoms with van der Waals surface area (Å²) in [5.74, 6) is -0.348. The number of urea groups is 1. The standard InChI is InChI=1S/C20H34N4O3/c1-19(2)17(26)24(18(27)22-19)14-9-16(25)21-15-20(10-5-3-6-11-20)23-12-7-4-8-13-23/h3-15H2,1-2H3,(H,21,25)(H,22,27). The first-order valence-corrected chi connectivity index (χ1v) is 10.5. The van der Waals surface area contributed by atoms with Crippen LogP contribution in [0.1, 0.15) is 71.6 Å². The summed E-state index contributed by atoms with van der Waals surface area (Å²) in [4.78, 5) is 40.4. The summed E-state index contributed by atoms with van der Waals surface area (Å²) in [7, 11) is 0. The van der Waals surface area contributed by atoms with E-state index in [9.17, 15) is 14.4 Å². The second-order valence-corrected chi connectivity index (χ2v) is 8.87. The zero-order valence-electron chi connectivity index (χ0n) is 16.8. The summed E-state index contributed by atoms with van der Waals surface area (Å²) in [5, 5.41) is 5.76. The van der Waals surface area contributed by atoms with E-state index in [1.807, 2.05) is 0 Å². The van der Waals surface area contributed by atoms with Gasteiger partial charge in [0, 0.05) is 25.0 Å². The number of nitrogens with one attached hydrogen (secondary N) is 2. The monoisotopic (exact) mass is 378 g/mol. The second-order valence-electron chi connectivity index (χ2n) is 8.87. The van der Waals surface area contributed by atoms with Gasteiger partial charge in [-0.2, -0.15) is 0 Å². The molecule has 27 heavy (non-hydrogen) atoms. The molecule has 0 aromatic carbocycles. The molecule has 1 saturated carbocycles. The van der Waals surface area contributed by atoms with Crippen molar-refractivity contribution in [2.75, 3.05) is 26.2 Å². The van der Waals surface area contributed by atoms with Gasteiger partial charge in [0.15, 0.2) is 0 Å². The van der Waals surface area contributed by atoms with E-state index in [1.165, 1.54) is 38.5 Å². The van der Waals surface area contributed by atoms with Crippen molar-refractivity contribution in [1.82, 2.24) is 20.4 Å². The van der Waals surface area contributed by atoms with Crippen molar-refractivity contribution < 1.29 is 14.4 Å². The second kappa shape index (κ2) is 8.17. The van der Waals surface area contributed by atoms with Gasteiger partial charge in [-0.05, 0) is 52.6 Å². The molecule has 0 bridgehead atoms. The maximum Gasteiger partial charge on any atom is 0.325 e. The van der Waals surface area contributed by atoms with Crippen LogP contribution in [0.4, 0.5) is 4.79 Å². The van der Waals surface area contributed by atoms with Crippen LogP contribution in [-0.4, -0.2) is 64.9 Å². The van der Waals surface area contributed by atoms with E-state index in [0.717, 1.165) is 30.8 Å². The minimum atomic E-state index is -0.881. The van der Waals surface area contributed by atoms with E-state index in [1.54, 1.807) is 13.8 Å². The molecule has 4 amide bonds. The molecule has 2 aliphatic heterocycles. The van der Waals surface area contributed by atoms with Crippen molar-refractivity contribution in [3.63, 3.8) is 0 Å². The third kappa shape index (κ3) is 4.45. The normalized spacial score (nSPS) is 25.3. The van der Waals surface area contributed by atoms with Crippen molar-refractivity contribution >= 4 is 17.8 Å². The van der Waals surface area contributed by atoms with Gasteiger partial charge in [-0.3, -0.25) is 19.4 Å². The smallest absolute Gasteiger partial charge is 0.325 e. The van der Waals surface area contributed by atoms with Gasteiger partial charge in [-0.15, -0.1) is 0 Å². The molecule has 3 aliphatic rings. The Labute approximate surface area is 162 Å². The largest absolute Gasteiger partial charge is 0.354 e. The Morgan fingerprint density at radius 1 is 1.04 bits per heavy atom. The molecule has 3 rings (SSSR count). The van der Waals surface area contributed by atoms with Crippen molar-refractivity contribution in [3.05, 3.63) is 0 Å².